The van der Waals surface area contributed by atoms with E-state index in [1.807, 2.05) is 66.2 Å². The second-order valence-electron chi connectivity index (χ2n) is 7.10. The number of para-hydroxylation sites is 1. The zero-order valence-electron chi connectivity index (χ0n) is 16.5. The van der Waals surface area contributed by atoms with Crippen LogP contribution in [-0.4, -0.2) is 33.0 Å². The Morgan fingerprint density at radius 1 is 1.21 bits per heavy atom. The molecule has 1 unspecified atom stereocenters. The molecule has 1 saturated carbocycles. The lowest BCUT2D eigenvalue weighted by Gasteiger charge is -2.10. The van der Waals surface area contributed by atoms with Crippen molar-refractivity contribution in [2.24, 2.45) is 0 Å². The van der Waals surface area contributed by atoms with E-state index in [1.54, 1.807) is 7.11 Å². The summed E-state index contributed by atoms with van der Waals surface area (Å²) in [6.07, 6.45) is 2.29. The number of hydrogen-bond acceptors (Lipinski definition) is 5. The van der Waals surface area contributed by atoms with Crippen molar-refractivity contribution in [3.05, 3.63) is 66.0 Å². The number of methoxy groups -OCH3 is 1. The Bertz CT molecular complexity index is 968. The van der Waals surface area contributed by atoms with Crippen molar-refractivity contribution in [3.63, 3.8) is 0 Å². The fourth-order valence-corrected chi connectivity index (χ4v) is 3.79. The molecule has 1 fully saturated rings. The first-order valence-corrected chi connectivity index (χ1v) is 10.6. The van der Waals surface area contributed by atoms with E-state index >= 15 is 0 Å². The van der Waals surface area contributed by atoms with Gasteiger partial charge in [-0.25, -0.2) is 9.67 Å². The first-order chi connectivity index (χ1) is 14.1. The van der Waals surface area contributed by atoms with Crippen LogP contribution in [0.25, 0.3) is 5.69 Å². The molecule has 2 aromatic carbocycles. The van der Waals surface area contributed by atoms with Gasteiger partial charge in [0.2, 0.25) is 11.1 Å². The van der Waals surface area contributed by atoms with Crippen molar-refractivity contribution >= 4 is 17.7 Å². The summed E-state index contributed by atoms with van der Waals surface area (Å²) in [5.41, 5.74) is 2.03. The first kappa shape index (κ1) is 19.5. The van der Waals surface area contributed by atoms with Crippen molar-refractivity contribution < 1.29 is 9.53 Å². The highest BCUT2D eigenvalue weighted by atomic mass is 32.2. The molecular formula is C22H24N4O2S. The smallest absolute Gasteiger partial charge is 0.233 e. The maximum atomic E-state index is 12.5. The number of nitrogens with one attached hydrogen (secondary N) is 1. The molecule has 150 valence electrons. The molecule has 4 rings (SSSR count). The zero-order chi connectivity index (χ0) is 20.2. The summed E-state index contributed by atoms with van der Waals surface area (Å²) in [6, 6.07) is 17.7. The number of ether oxygens (including phenoxy) is 1. The lowest BCUT2D eigenvalue weighted by Crippen LogP contribution is -2.30. The summed E-state index contributed by atoms with van der Waals surface area (Å²) in [5, 5.41) is 8.01. The maximum Gasteiger partial charge on any atom is 0.233 e. The van der Waals surface area contributed by atoms with Gasteiger partial charge >= 0.3 is 0 Å². The Hall–Kier alpha value is -2.80. The van der Waals surface area contributed by atoms with Gasteiger partial charge in [-0.15, -0.1) is 5.10 Å². The van der Waals surface area contributed by atoms with Gasteiger partial charge in [-0.05, 0) is 49.6 Å². The topological polar surface area (TPSA) is 69.0 Å². The molecule has 1 N–H and O–H groups in total. The molecule has 0 bridgehead atoms. The number of thioether (sulfide) groups is 1. The standard InChI is InChI=1S/C22H24N4O2S/c1-15(21(27)23-14-16-8-12-19(28-2)13-9-16)29-22-24-20(17-10-11-17)26(25-22)18-6-4-3-5-7-18/h3-9,12-13,15,17H,10-11,14H2,1-2H3,(H,23,27). The molecule has 1 aliphatic rings. The van der Waals surface area contributed by atoms with Crippen molar-refractivity contribution in [2.45, 2.75) is 42.6 Å². The summed E-state index contributed by atoms with van der Waals surface area (Å²) >= 11 is 1.39. The summed E-state index contributed by atoms with van der Waals surface area (Å²) in [4.78, 5) is 17.3. The number of rotatable bonds is 8. The molecule has 7 heteroatoms. The number of carbonyl (C=O) groups excluding carboxylic acids is 1. The molecule has 3 aromatic rings. The minimum atomic E-state index is -0.285. The van der Waals surface area contributed by atoms with Gasteiger partial charge in [0, 0.05) is 12.5 Å². The fraction of sp³-hybridized carbons (Fsp3) is 0.318. The number of benzene rings is 2. The average Bonchev–Trinajstić information content (AvgIpc) is 3.53. The van der Waals surface area contributed by atoms with E-state index in [9.17, 15) is 4.79 Å². The van der Waals surface area contributed by atoms with Crippen molar-refractivity contribution in [1.29, 1.82) is 0 Å². The largest absolute Gasteiger partial charge is 0.497 e. The Morgan fingerprint density at radius 3 is 2.59 bits per heavy atom. The van der Waals surface area contributed by atoms with E-state index in [0.717, 1.165) is 35.7 Å². The molecule has 0 spiro atoms. The van der Waals surface area contributed by atoms with Crippen LogP contribution in [0, 0.1) is 0 Å². The SMILES string of the molecule is COc1ccc(CNC(=O)C(C)Sc2nc(C3CC3)n(-c3ccccc3)n2)cc1. The summed E-state index contributed by atoms with van der Waals surface area (Å²) in [6.45, 7) is 2.36. The molecule has 0 saturated heterocycles. The quantitative estimate of drug-likeness (QED) is 0.572. The molecule has 0 radical (unpaired) electrons. The highest BCUT2D eigenvalue weighted by Gasteiger charge is 2.31. The van der Waals surface area contributed by atoms with Gasteiger partial charge in [-0.3, -0.25) is 4.79 Å². The number of amides is 1. The van der Waals surface area contributed by atoms with Gasteiger partial charge in [0.25, 0.3) is 0 Å². The maximum absolute atomic E-state index is 12.5. The predicted octanol–water partition coefficient (Wildman–Crippen LogP) is 3.95. The van der Waals surface area contributed by atoms with Gasteiger partial charge in [0.1, 0.15) is 11.6 Å². The van der Waals surface area contributed by atoms with Gasteiger partial charge in [-0.2, -0.15) is 0 Å². The molecule has 6 nitrogen and oxygen atoms in total. The van der Waals surface area contributed by atoms with Crippen LogP contribution < -0.4 is 10.1 Å². The third-order valence-electron chi connectivity index (χ3n) is 4.83. The van der Waals surface area contributed by atoms with Crippen LogP contribution in [0.4, 0.5) is 0 Å². The Morgan fingerprint density at radius 2 is 1.93 bits per heavy atom. The van der Waals surface area contributed by atoms with E-state index in [4.69, 9.17) is 9.72 Å². The lowest BCUT2D eigenvalue weighted by atomic mass is 10.2. The third kappa shape index (κ3) is 4.79. The summed E-state index contributed by atoms with van der Waals surface area (Å²) < 4.78 is 7.08. The van der Waals surface area contributed by atoms with E-state index in [1.165, 1.54) is 11.8 Å². The van der Waals surface area contributed by atoms with E-state index in [-0.39, 0.29) is 11.2 Å². The normalized spacial score (nSPS) is 14.4. The van der Waals surface area contributed by atoms with Crippen molar-refractivity contribution in [2.75, 3.05) is 7.11 Å². The number of nitrogens with zero attached hydrogens (tertiary/aromatic N) is 3. The second-order valence-corrected chi connectivity index (χ2v) is 8.41. The Kier molecular flexibility index (Phi) is 5.85. The zero-order valence-corrected chi connectivity index (χ0v) is 17.4. The van der Waals surface area contributed by atoms with Gasteiger partial charge in [0.05, 0.1) is 18.0 Å². The van der Waals surface area contributed by atoms with E-state index in [2.05, 4.69) is 10.4 Å². The fourth-order valence-electron chi connectivity index (χ4n) is 3.01. The lowest BCUT2D eigenvalue weighted by molar-refractivity contribution is -0.120. The van der Waals surface area contributed by atoms with Crippen LogP contribution in [0.5, 0.6) is 5.75 Å². The summed E-state index contributed by atoms with van der Waals surface area (Å²) in [5.74, 6) is 2.23. The monoisotopic (exact) mass is 408 g/mol. The van der Waals surface area contributed by atoms with Crippen LogP contribution in [0.2, 0.25) is 0 Å². The van der Waals surface area contributed by atoms with Crippen LogP contribution in [0.1, 0.15) is 37.1 Å². The Balaban J connectivity index is 1.39. The molecule has 1 heterocycles. The first-order valence-electron chi connectivity index (χ1n) is 9.73. The molecule has 1 aromatic heterocycles. The van der Waals surface area contributed by atoms with Crippen molar-refractivity contribution in [3.8, 4) is 11.4 Å². The molecule has 29 heavy (non-hydrogen) atoms. The predicted molar refractivity (Wildman–Crippen MR) is 113 cm³/mol. The van der Waals surface area contributed by atoms with E-state index < -0.39 is 0 Å². The molecular weight excluding hydrogens is 384 g/mol. The second kappa shape index (κ2) is 8.69. The molecule has 1 amide bonds. The number of carbonyl (C=O) groups is 1. The summed E-state index contributed by atoms with van der Waals surface area (Å²) in [7, 11) is 1.64. The van der Waals surface area contributed by atoms with E-state index in [0.29, 0.717) is 17.6 Å². The van der Waals surface area contributed by atoms with Gasteiger partial charge < -0.3 is 10.1 Å². The third-order valence-corrected chi connectivity index (χ3v) is 5.78. The minimum Gasteiger partial charge on any atom is -0.497 e. The van der Waals surface area contributed by atoms with Crippen LogP contribution in [-0.2, 0) is 11.3 Å². The highest BCUT2D eigenvalue weighted by molar-refractivity contribution is 8.00. The van der Waals surface area contributed by atoms with Crippen molar-refractivity contribution in [1.82, 2.24) is 20.1 Å². The average molecular weight is 409 g/mol. The van der Waals surface area contributed by atoms with Gasteiger partial charge in [-0.1, -0.05) is 42.1 Å². The molecule has 0 aliphatic heterocycles. The van der Waals surface area contributed by atoms with Crippen LogP contribution >= 0.6 is 11.8 Å². The van der Waals surface area contributed by atoms with Crippen LogP contribution in [0.3, 0.4) is 0 Å². The molecule has 1 atom stereocenters. The Labute approximate surface area is 174 Å². The minimum absolute atomic E-state index is 0.0325. The molecule has 1 aliphatic carbocycles. The number of hydrogen-bond donors (Lipinski definition) is 1. The highest BCUT2D eigenvalue weighted by Crippen LogP contribution is 2.40. The van der Waals surface area contributed by atoms with Gasteiger partial charge in [0.15, 0.2) is 0 Å². The number of aromatic nitrogens is 3. The van der Waals surface area contributed by atoms with Crippen LogP contribution in [0.15, 0.2) is 59.8 Å².